The highest BCUT2D eigenvalue weighted by Gasteiger charge is 2.02. The van der Waals surface area contributed by atoms with Gasteiger partial charge in [0, 0.05) is 0 Å². The van der Waals surface area contributed by atoms with Crippen molar-refractivity contribution in [1.82, 2.24) is 0 Å². The van der Waals surface area contributed by atoms with Crippen molar-refractivity contribution >= 4 is 0 Å². The molecular weight excluding hydrogens is 186 g/mol. The van der Waals surface area contributed by atoms with Gasteiger partial charge in [-0.25, -0.2) is 0 Å². The van der Waals surface area contributed by atoms with E-state index in [-0.39, 0.29) is 5.75 Å². The van der Waals surface area contributed by atoms with E-state index in [0.717, 1.165) is 11.1 Å². The van der Waals surface area contributed by atoms with E-state index < -0.39 is 0 Å². The standard InChI is InChI=1S/C13H9NO/c14-9-12-8-11(6-7-13(12)15)10-4-2-1-3-5-10/h1-8,15H. The normalized spacial score (nSPS) is 9.53. The second-order valence-electron chi connectivity index (χ2n) is 3.21. The quantitative estimate of drug-likeness (QED) is 0.760. The van der Waals surface area contributed by atoms with Crippen molar-refractivity contribution in [3.05, 3.63) is 54.1 Å². The fraction of sp³-hybridized carbons (Fsp3) is 0. The van der Waals surface area contributed by atoms with Gasteiger partial charge >= 0.3 is 0 Å². The van der Waals surface area contributed by atoms with Crippen molar-refractivity contribution in [3.63, 3.8) is 0 Å². The molecule has 2 rings (SSSR count). The van der Waals surface area contributed by atoms with Gasteiger partial charge in [0.2, 0.25) is 0 Å². The average molecular weight is 195 g/mol. The van der Waals surface area contributed by atoms with E-state index in [0.29, 0.717) is 5.56 Å². The molecule has 0 aliphatic carbocycles. The molecule has 0 aromatic heterocycles. The minimum atomic E-state index is 0.0252. The van der Waals surface area contributed by atoms with Crippen LogP contribution in [-0.2, 0) is 0 Å². The number of aromatic hydroxyl groups is 1. The van der Waals surface area contributed by atoms with Crippen molar-refractivity contribution in [2.75, 3.05) is 0 Å². The smallest absolute Gasteiger partial charge is 0.133 e. The zero-order valence-electron chi connectivity index (χ0n) is 8.01. The molecule has 2 heteroatoms. The van der Waals surface area contributed by atoms with Crippen molar-refractivity contribution in [3.8, 4) is 22.9 Å². The molecule has 0 aliphatic heterocycles. The first-order valence-corrected chi connectivity index (χ1v) is 4.60. The molecule has 0 saturated heterocycles. The van der Waals surface area contributed by atoms with Crippen molar-refractivity contribution in [2.24, 2.45) is 0 Å². The number of phenolic OH excluding ortho intramolecular Hbond substituents is 1. The SMILES string of the molecule is N#Cc1cc(-c2ccccc2)ccc1O. The van der Waals surface area contributed by atoms with Gasteiger partial charge in [-0.3, -0.25) is 0 Å². The summed E-state index contributed by atoms with van der Waals surface area (Å²) in [5.41, 5.74) is 2.27. The fourth-order valence-corrected chi connectivity index (χ4v) is 1.44. The average Bonchev–Trinajstić information content (AvgIpc) is 2.31. The topological polar surface area (TPSA) is 44.0 Å². The summed E-state index contributed by atoms with van der Waals surface area (Å²) in [5, 5.41) is 18.1. The van der Waals surface area contributed by atoms with Gasteiger partial charge in [0.15, 0.2) is 0 Å². The highest BCUT2D eigenvalue weighted by molar-refractivity contribution is 5.66. The molecule has 15 heavy (non-hydrogen) atoms. The van der Waals surface area contributed by atoms with Crippen molar-refractivity contribution < 1.29 is 5.11 Å². The summed E-state index contributed by atoms with van der Waals surface area (Å²) in [6.07, 6.45) is 0. The largest absolute Gasteiger partial charge is 0.507 e. The van der Waals surface area contributed by atoms with Gasteiger partial charge in [0.25, 0.3) is 0 Å². The fourth-order valence-electron chi connectivity index (χ4n) is 1.44. The molecule has 72 valence electrons. The molecule has 1 N–H and O–H groups in total. The molecular formula is C13H9NO. The van der Waals surface area contributed by atoms with Crippen LogP contribution < -0.4 is 0 Å². The number of phenols is 1. The summed E-state index contributed by atoms with van der Waals surface area (Å²) >= 11 is 0. The molecule has 2 aromatic rings. The zero-order chi connectivity index (χ0) is 10.7. The van der Waals surface area contributed by atoms with Gasteiger partial charge in [-0.15, -0.1) is 0 Å². The van der Waals surface area contributed by atoms with Gasteiger partial charge < -0.3 is 5.11 Å². The third-order valence-corrected chi connectivity index (χ3v) is 2.22. The molecule has 0 unspecified atom stereocenters. The minimum absolute atomic E-state index is 0.0252. The Balaban J connectivity index is 2.52. The van der Waals surface area contributed by atoms with Crippen LogP contribution in [0.2, 0.25) is 0 Å². The summed E-state index contributed by atoms with van der Waals surface area (Å²) in [6.45, 7) is 0. The van der Waals surface area contributed by atoms with Gasteiger partial charge in [0.05, 0.1) is 5.56 Å². The van der Waals surface area contributed by atoms with Crippen LogP contribution in [0.1, 0.15) is 5.56 Å². The highest BCUT2D eigenvalue weighted by Crippen LogP contribution is 2.24. The van der Waals surface area contributed by atoms with E-state index in [1.165, 1.54) is 0 Å². The molecule has 0 fully saturated rings. The summed E-state index contributed by atoms with van der Waals surface area (Å²) in [6, 6.07) is 16.7. The van der Waals surface area contributed by atoms with Crippen LogP contribution in [0.15, 0.2) is 48.5 Å². The summed E-state index contributed by atoms with van der Waals surface area (Å²) in [4.78, 5) is 0. The predicted molar refractivity (Wildman–Crippen MR) is 58.3 cm³/mol. The Kier molecular flexibility index (Phi) is 2.38. The van der Waals surface area contributed by atoms with Crippen molar-refractivity contribution in [1.29, 1.82) is 5.26 Å². The predicted octanol–water partition coefficient (Wildman–Crippen LogP) is 2.93. The summed E-state index contributed by atoms with van der Waals surface area (Å²) in [5.74, 6) is 0.0252. The first-order chi connectivity index (χ1) is 7.31. The van der Waals surface area contributed by atoms with Crippen LogP contribution in [0.4, 0.5) is 0 Å². The Bertz CT molecular complexity index is 512. The number of nitrogens with zero attached hydrogens (tertiary/aromatic N) is 1. The van der Waals surface area contributed by atoms with Crippen LogP contribution in [0, 0.1) is 11.3 Å². The maximum absolute atomic E-state index is 9.36. The molecule has 0 radical (unpaired) electrons. The van der Waals surface area contributed by atoms with Crippen LogP contribution >= 0.6 is 0 Å². The third-order valence-electron chi connectivity index (χ3n) is 2.22. The maximum atomic E-state index is 9.36. The van der Waals surface area contributed by atoms with E-state index in [9.17, 15) is 5.11 Å². The van der Waals surface area contributed by atoms with E-state index in [1.807, 2.05) is 36.4 Å². The van der Waals surface area contributed by atoms with Gasteiger partial charge in [-0.05, 0) is 23.3 Å². The molecule has 2 aromatic carbocycles. The lowest BCUT2D eigenvalue weighted by Gasteiger charge is -2.02. The lowest BCUT2D eigenvalue weighted by molar-refractivity contribution is 0.473. The zero-order valence-corrected chi connectivity index (χ0v) is 8.01. The van der Waals surface area contributed by atoms with E-state index in [1.54, 1.807) is 18.2 Å². The summed E-state index contributed by atoms with van der Waals surface area (Å²) < 4.78 is 0. The lowest BCUT2D eigenvalue weighted by Crippen LogP contribution is -1.80. The van der Waals surface area contributed by atoms with Crippen molar-refractivity contribution in [2.45, 2.75) is 0 Å². The molecule has 2 nitrogen and oxygen atoms in total. The maximum Gasteiger partial charge on any atom is 0.133 e. The second kappa shape index (κ2) is 3.85. The molecule has 0 amide bonds. The first-order valence-electron chi connectivity index (χ1n) is 4.60. The molecule has 0 heterocycles. The first kappa shape index (κ1) is 9.29. The number of hydrogen-bond acceptors (Lipinski definition) is 2. The Labute approximate surface area is 88.0 Å². The van der Waals surface area contributed by atoms with Gasteiger partial charge in [-0.2, -0.15) is 5.26 Å². The molecule has 0 spiro atoms. The Hall–Kier alpha value is -2.27. The number of hydrogen-bond donors (Lipinski definition) is 1. The van der Waals surface area contributed by atoms with E-state index >= 15 is 0 Å². The van der Waals surface area contributed by atoms with Crippen LogP contribution in [0.25, 0.3) is 11.1 Å². The van der Waals surface area contributed by atoms with Gasteiger partial charge in [0.1, 0.15) is 11.8 Å². The van der Waals surface area contributed by atoms with Gasteiger partial charge in [-0.1, -0.05) is 36.4 Å². The second-order valence-corrected chi connectivity index (χ2v) is 3.21. The lowest BCUT2D eigenvalue weighted by atomic mass is 10.0. The number of rotatable bonds is 1. The molecule has 0 saturated carbocycles. The van der Waals surface area contributed by atoms with E-state index in [4.69, 9.17) is 5.26 Å². The molecule has 0 bridgehead atoms. The number of benzene rings is 2. The third kappa shape index (κ3) is 1.82. The Morgan fingerprint density at radius 1 is 0.933 bits per heavy atom. The summed E-state index contributed by atoms with van der Waals surface area (Å²) in [7, 11) is 0. The Morgan fingerprint density at radius 2 is 1.67 bits per heavy atom. The Morgan fingerprint density at radius 3 is 2.33 bits per heavy atom. The van der Waals surface area contributed by atoms with E-state index in [2.05, 4.69) is 0 Å². The highest BCUT2D eigenvalue weighted by atomic mass is 16.3. The molecule has 0 atom stereocenters. The monoisotopic (exact) mass is 195 g/mol. The molecule has 0 aliphatic rings. The minimum Gasteiger partial charge on any atom is -0.507 e. The van der Waals surface area contributed by atoms with Crippen LogP contribution in [-0.4, -0.2) is 5.11 Å². The number of nitriles is 1. The van der Waals surface area contributed by atoms with Crippen LogP contribution in [0.5, 0.6) is 5.75 Å². The van der Waals surface area contributed by atoms with Crippen LogP contribution in [0.3, 0.4) is 0 Å².